The van der Waals surface area contributed by atoms with E-state index in [2.05, 4.69) is 78.1 Å². The molecule has 0 radical (unpaired) electrons. The van der Waals surface area contributed by atoms with E-state index in [9.17, 15) is 0 Å². The molecular formula is C33H24N4O. The molecule has 1 aliphatic heterocycles. The Morgan fingerprint density at radius 2 is 1.55 bits per heavy atom. The van der Waals surface area contributed by atoms with Gasteiger partial charge in [0.05, 0.1) is 28.4 Å². The van der Waals surface area contributed by atoms with E-state index in [1.807, 2.05) is 59.5 Å². The smallest absolute Gasteiger partial charge is 0.141 e. The Morgan fingerprint density at radius 1 is 0.711 bits per heavy atom. The zero-order valence-electron chi connectivity index (χ0n) is 21.1. The van der Waals surface area contributed by atoms with Crippen LogP contribution in [0.3, 0.4) is 0 Å². The van der Waals surface area contributed by atoms with Gasteiger partial charge in [0.1, 0.15) is 17.3 Å². The lowest BCUT2D eigenvalue weighted by atomic mass is 9.76. The molecule has 0 N–H and O–H groups in total. The lowest BCUT2D eigenvalue weighted by molar-refractivity contribution is 0.483. The van der Waals surface area contributed by atoms with E-state index in [0.717, 1.165) is 39.4 Å². The lowest BCUT2D eigenvalue weighted by Gasteiger charge is -2.33. The predicted molar refractivity (Wildman–Crippen MR) is 152 cm³/mol. The summed E-state index contributed by atoms with van der Waals surface area (Å²) in [6, 6.07) is 33.5. The SMILES string of the molecule is CC1(C)c2cccnc2-n2c3cc(Oc4cccc(-n5ncc6ccccc65)c4)ccc3c3cccc1c32. The van der Waals surface area contributed by atoms with Gasteiger partial charge in [0.15, 0.2) is 0 Å². The monoisotopic (exact) mass is 492 g/mol. The zero-order chi connectivity index (χ0) is 25.4. The Hall–Kier alpha value is -4.90. The largest absolute Gasteiger partial charge is 0.457 e. The summed E-state index contributed by atoms with van der Waals surface area (Å²) in [5.74, 6) is 2.53. The summed E-state index contributed by atoms with van der Waals surface area (Å²) < 4.78 is 10.7. The van der Waals surface area contributed by atoms with Crippen molar-refractivity contribution in [3.63, 3.8) is 0 Å². The second kappa shape index (κ2) is 7.56. The molecule has 5 nitrogen and oxygen atoms in total. The number of fused-ring (bicyclic) bond motifs is 6. The quantitative estimate of drug-likeness (QED) is 0.251. The maximum atomic E-state index is 6.44. The highest BCUT2D eigenvalue weighted by Gasteiger charge is 2.35. The molecule has 0 spiro atoms. The topological polar surface area (TPSA) is 44.9 Å². The molecule has 1 aliphatic rings. The van der Waals surface area contributed by atoms with Gasteiger partial charge in [0, 0.05) is 45.5 Å². The number of benzene rings is 4. The number of hydrogen-bond acceptors (Lipinski definition) is 3. The van der Waals surface area contributed by atoms with Gasteiger partial charge >= 0.3 is 0 Å². The summed E-state index contributed by atoms with van der Waals surface area (Å²) >= 11 is 0. The first-order valence-electron chi connectivity index (χ1n) is 12.8. The Balaban J connectivity index is 1.27. The molecule has 0 unspecified atom stereocenters. The molecule has 7 aromatic rings. The van der Waals surface area contributed by atoms with Crippen molar-refractivity contribution < 1.29 is 4.74 Å². The van der Waals surface area contributed by atoms with Gasteiger partial charge in [-0.3, -0.25) is 4.57 Å². The van der Waals surface area contributed by atoms with Gasteiger partial charge in [-0.1, -0.05) is 62.4 Å². The molecule has 182 valence electrons. The summed E-state index contributed by atoms with van der Waals surface area (Å²) in [6.45, 7) is 4.57. The third-order valence-electron chi connectivity index (χ3n) is 7.88. The van der Waals surface area contributed by atoms with Crippen LogP contribution in [0.4, 0.5) is 0 Å². The number of para-hydroxylation sites is 2. The molecule has 8 rings (SSSR count). The van der Waals surface area contributed by atoms with Gasteiger partial charge in [-0.25, -0.2) is 9.67 Å². The maximum absolute atomic E-state index is 6.44. The summed E-state index contributed by atoms with van der Waals surface area (Å²) in [5, 5.41) is 8.14. The molecule has 0 amide bonds. The first kappa shape index (κ1) is 21.2. The molecule has 3 aromatic heterocycles. The van der Waals surface area contributed by atoms with Crippen molar-refractivity contribution in [1.82, 2.24) is 19.3 Å². The highest BCUT2D eigenvalue weighted by Crippen LogP contribution is 2.47. The minimum Gasteiger partial charge on any atom is -0.457 e. The second-order valence-electron chi connectivity index (χ2n) is 10.4. The van der Waals surface area contributed by atoms with Gasteiger partial charge in [0.25, 0.3) is 0 Å². The van der Waals surface area contributed by atoms with Crippen molar-refractivity contribution in [2.75, 3.05) is 0 Å². The fourth-order valence-corrected chi connectivity index (χ4v) is 6.03. The van der Waals surface area contributed by atoms with Crippen LogP contribution >= 0.6 is 0 Å². The van der Waals surface area contributed by atoms with Gasteiger partial charge in [-0.05, 0) is 42.0 Å². The van der Waals surface area contributed by atoms with E-state index in [1.54, 1.807) is 0 Å². The van der Waals surface area contributed by atoms with E-state index < -0.39 is 0 Å². The second-order valence-corrected chi connectivity index (χ2v) is 10.4. The van der Waals surface area contributed by atoms with Gasteiger partial charge in [-0.2, -0.15) is 5.10 Å². The molecule has 4 aromatic carbocycles. The first-order chi connectivity index (χ1) is 18.6. The number of pyridine rings is 1. The molecule has 4 heterocycles. The van der Waals surface area contributed by atoms with Crippen LogP contribution in [0.15, 0.2) is 109 Å². The molecule has 0 bridgehead atoms. The summed E-state index contributed by atoms with van der Waals surface area (Å²) in [7, 11) is 0. The van der Waals surface area contributed by atoms with Gasteiger partial charge in [0.2, 0.25) is 0 Å². The third-order valence-corrected chi connectivity index (χ3v) is 7.88. The van der Waals surface area contributed by atoms with Crippen molar-refractivity contribution in [2.24, 2.45) is 0 Å². The maximum Gasteiger partial charge on any atom is 0.141 e. The van der Waals surface area contributed by atoms with Crippen LogP contribution in [-0.4, -0.2) is 19.3 Å². The summed E-state index contributed by atoms with van der Waals surface area (Å²) in [4.78, 5) is 4.85. The van der Waals surface area contributed by atoms with E-state index in [1.165, 1.54) is 27.4 Å². The summed E-state index contributed by atoms with van der Waals surface area (Å²) in [6.07, 6.45) is 3.77. The molecule has 0 aliphatic carbocycles. The standard InChI is InChI=1S/C33H24N4O/c1-33(2)27-12-6-11-26-25-16-15-24(19-30(25)36(31(26)27)32-28(33)13-7-17-34-32)38-23-10-5-9-22(18-23)37-29-14-4-3-8-21(29)20-35-37/h3-20H,1-2H3. The average Bonchev–Trinajstić information content (AvgIpc) is 3.52. The minimum absolute atomic E-state index is 0.135. The van der Waals surface area contributed by atoms with Crippen LogP contribution in [0.1, 0.15) is 25.0 Å². The molecule has 0 saturated heterocycles. The fraction of sp³-hybridized carbons (Fsp3) is 0.0909. The van der Waals surface area contributed by atoms with E-state index >= 15 is 0 Å². The Morgan fingerprint density at radius 3 is 2.50 bits per heavy atom. The van der Waals surface area contributed by atoms with Crippen molar-refractivity contribution in [2.45, 2.75) is 19.3 Å². The summed E-state index contributed by atoms with van der Waals surface area (Å²) in [5.41, 5.74) is 6.74. The van der Waals surface area contributed by atoms with E-state index in [0.29, 0.717) is 0 Å². The van der Waals surface area contributed by atoms with Crippen LogP contribution in [0.25, 0.3) is 44.2 Å². The lowest BCUT2D eigenvalue weighted by Crippen LogP contribution is -2.26. The van der Waals surface area contributed by atoms with Gasteiger partial charge < -0.3 is 4.74 Å². The fourth-order valence-electron chi connectivity index (χ4n) is 6.03. The Bertz CT molecular complexity index is 2050. The van der Waals surface area contributed by atoms with E-state index in [4.69, 9.17) is 9.72 Å². The van der Waals surface area contributed by atoms with Crippen LogP contribution in [0.5, 0.6) is 11.5 Å². The highest BCUT2D eigenvalue weighted by molar-refractivity contribution is 6.11. The van der Waals surface area contributed by atoms with E-state index in [-0.39, 0.29) is 5.41 Å². The van der Waals surface area contributed by atoms with Gasteiger partial charge in [-0.15, -0.1) is 0 Å². The Labute approximate surface area is 219 Å². The van der Waals surface area contributed by atoms with Crippen LogP contribution in [-0.2, 0) is 5.41 Å². The zero-order valence-corrected chi connectivity index (χ0v) is 21.1. The Kier molecular flexibility index (Phi) is 4.22. The number of rotatable bonds is 3. The van der Waals surface area contributed by atoms with Crippen molar-refractivity contribution >= 4 is 32.7 Å². The number of hydrogen-bond donors (Lipinski definition) is 0. The highest BCUT2D eigenvalue weighted by atomic mass is 16.5. The number of nitrogens with zero attached hydrogens (tertiary/aromatic N) is 4. The normalized spacial score (nSPS) is 13.7. The number of ether oxygens (including phenoxy) is 1. The molecular weight excluding hydrogens is 468 g/mol. The molecule has 38 heavy (non-hydrogen) atoms. The van der Waals surface area contributed by atoms with Crippen LogP contribution in [0.2, 0.25) is 0 Å². The minimum atomic E-state index is -0.135. The van der Waals surface area contributed by atoms with Crippen LogP contribution < -0.4 is 4.74 Å². The average molecular weight is 493 g/mol. The third kappa shape index (κ3) is 2.87. The predicted octanol–water partition coefficient (Wildman–Crippen LogP) is 7.95. The van der Waals surface area contributed by atoms with Crippen molar-refractivity contribution in [3.05, 3.63) is 121 Å². The molecule has 0 atom stereocenters. The molecule has 5 heteroatoms. The first-order valence-corrected chi connectivity index (χ1v) is 12.8. The van der Waals surface area contributed by atoms with Crippen molar-refractivity contribution in [3.8, 4) is 23.0 Å². The van der Waals surface area contributed by atoms with Crippen LogP contribution in [0, 0.1) is 0 Å². The molecule has 0 fully saturated rings. The number of aromatic nitrogens is 4. The van der Waals surface area contributed by atoms with Crippen molar-refractivity contribution in [1.29, 1.82) is 0 Å². The molecule has 0 saturated carbocycles.